The van der Waals surface area contributed by atoms with E-state index in [1.807, 2.05) is 0 Å². The maximum atomic E-state index is 12.1. The highest BCUT2D eigenvalue weighted by atomic mass is 19.3. The van der Waals surface area contributed by atoms with Gasteiger partial charge >= 0.3 is 0 Å². The van der Waals surface area contributed by atoms with Crippen molar-refractivity contribution in [3.63, 3.8) is 0 Å². The van der Waals surface area contributed by atoms with Gasteiger partial charge in [0.2, 0.25) is 6.43 Å². The Morgan fingerprint density at radius 2 is 2.25 bits per heavy atom. The van der Waals surface area contributed by atoms with E-state index in [1.165, 1.54) is 0 Å². The second-order valence-corrected chi connectivity index (χ2v) is 3.97. The minimum Gasteiger partial charge on any atom is -0.325 e. The van der Waals surface area contributed by atoms with Crippen LogP contribution in [0.15, 0.2) is 0 Å². The number of rotatable bonds is 3. The number of alkyl halides is 2. The highest BCUT2D eigenvalue weighted by molar-refractivity contribution is 4.93. The van der Waals surface area contributed by atoms with E-state index in [0.717, 1.165) is 25.7 Å². The first-order valence-corrected chi connectivity index (χ1v) is 4.63. The molecule has 1 fully saturated rings. The smallest absolute Gasteiger partial charge is 0.240 e. The molecule has 2 unspecified atom stereocenters. The molecule has 3 heteroatoms. The van der Waals surface area contributed by atoms with Crippen molar-refractivity contribution in [2.75, 3.05) is 0 Å². The van der Waals surface area contributed by atoms with Crippen molar-refractivity contribution >= 4 is 0 Å². The topological polar surface area (TPSA) is 26.0 Å². The second-order valence-electron chi connectivity index (χ2n) is 3.97. The van der Waals surface area contributed by atoms with Crippen molar-refractivity contribution in [2.24, 2.45) is 11.7 Å². The van der Waals surface area contributed by atoms with E-state index in [4.69, 9.17) is 5.73 Å². The van der Waals surface area contributed by atoms with Crippen LogP contribution in [0.4, 0.5) is 8.78 Å². The number of nitrogens with two attached hydrogens (primary N) is 1. The summed E-state index contributed by atoms with van der Waals surface area (Å²) in [5, 5.41) is 0. The van der Waals surface area contributed by atoms with Gasteiger partial charge in [-0.2, -0.15) is 0 Å². The van der Waals surface area contributed by atoms with Gasteiger partial charge in [0, 0.05) is 12.0 Å². The molecule has 0 heterocycles. The number of hydrogen-bond acceptors (Lipinski definition) is 1. The Morgan fingerprint density at radius 3 is 2.67 bits per heavy atom. The van der Waals surface area contributed by atoms with E-state index >= 15 is 0 Å². The van der Waals surface area contributed by atoms with E-state index in [-0.39, 0.29) is 6.42 Å². The largest absolute Gasteiger partial charge is 0.325 e. The molecule has 1 nitrogen and oxygen atoms in total. The van der Waals surface area contributed by atoms with E-state index in [9.17, 15) is 8.78 Å². The second kappa shape index (κ2) is 3.69. The van der Waals surface area contributed by atoms with Crippen LogP contribution in [0, 0.1) is 5.92 Å². The lowest BCUT2D eigenvalue weighted by molar-refractivity contribution is 0.104. The van der Waals surface area contributed by atoms with Crippen LogP contribution >= 0.6 is 0 Å². The van der Waals surface area contributed by atoms with Crippen molar-refractivity contribution < 1.29 is 8.78 Å². The van der Waals surface area contributed by atoms with Crippen LogP contribution in [-0.4, -0.2) is 12.0 Å². The molecule has 1 saturated carbocycles. The van der Waals surface area contributed by atoms with Crippen molar-refractivity contribution in [1.29, 1.82) is 0 Å². The molecular formula is C9H17F2N. The quantitative estimate of drug-likeness (QED) is 0.704. The summed E-state index contributed by atoms with van der Waals surface area (Å²) in [5.74, 6) is 0.578. The highest BCUT2D eigenvalue weighted by Gasteiger charge is 2.36. The van der Waals surface area contributed by atoms with Gasteiger partial charge in [0.1, 0.15) is 0 Å². The zero-order valence-electron chi connectivity index (χ0n) is 7.52. The van der Waals surface area contributed by atoms with Crippen molar-refractivity contribution in [3.05, 3.63) is 0 Å². The Morgan fingerprint density at radius 1 is 1.58 bits per heavy atom. The van der Waals surface area contributed by atoms with Gasteiger partial charge in [0.25, 0.3) is 0 Å². The Hall–Kier alpha value is -0.180. The summed E-state index contributed by atoms with van der Waals surface area (Å²) < 4.78 is 24.2. The predicted molar refractivity (Wildman–Crippen MR) is 45.2 cm³/mol. The third-order valence-electron chi connectivity index (χ3n) is 2.88. The number of halogens is 2. The molecule has 0 aliphatic heterocycles. The molecule has 1 aliphatic carbocycles. The van der Waals surface area contributed by atoms with Crippen molar-refractivity contribution in [1.82, 2.24) is 0 Å². The van der Waals surface area contributed by atoms with Crippen LogP contribution in [0.25, 0.3) is 0 Å². The third-order valence-corrected chi connectivity index (χ3v) is 2.88. The summed E-state index contributed by atoms with van der Waals surface area (Å²) in [5.41, 5.74) is 5.29. The normalized spacial score (nSPS) is 36.2. The molecule has 0 aromatic heterocycles. The van der Waals surface area contributed by atoms with E-state index in [2.05, 4.69) is 6.92 Å². The van der Waals surface area contributed by atoms with Crippen LogP contribution in [0.3, 0.4) is 0 Å². The van der Waals surface area contributed by atoms with Gasteiger partial charge in [-0.25, -0.2) is 8.78 Å². The van der Waals surface area contributed by atoms with Crippen LogP contribution in [-0.2, 0) is 0 Å². The van der Waals surface area contributed by atoms with Gasteiger partial charge in [-0.05, 0) is 25.2 Å². The molecule has 2 N–H and O–H groups in total. The van der Waals surface area contributed by atoms with Gasteiger partial charge in [0.15, 0.2) is 0 Å². The summed E-state index contributed by atoms with van der Waals surface area (Å²) in [7, 11) is 0. The molecule has 0 bridgehead atoms. The van der Waals surface area contributed by atoms with E-state index in [0.29, 0.717) is 5.92 Å². The van der Waals surface area contributed by atoms with Gasteiger partial charge < -0.3 is 5.73 Å². The molecule has 1 rings (SSSR count). The summed E-state index contributed by atoms with van der Waals surface area (Å²) in [6.07, 6.45) is 1.29. The van der Waals surface area contributed by atoms with Gasteiger partial charge in [-0.3, -0.25) is 0 Å². The van der Waals surface area contributed by atoms with Crippen LogP contribution < -0.4 is 5.73 Å². The highest BCUT2D eigenvalue weighted by Crippen LogP contribution is 2.37. The Kier molecular flexibility index (Phi) is 3.04. The lowest BCUT2D eigenvalue weighted by Gasteiger charge is -2.23. The van der Waals surface area contributed by atoms with E-state index in [1.54, 1.807) is 0 Å². The molecule has 0 saturated heterocycles. The maximum absolute atomic E-state index is 12.1. The average molecular weight is 177 g/mol. The van der Waals surface area contributed by atoms with Crippen molar-refractivity contribution in [2.45, 2.75) is 51.0 Å². The zero-order valence-corrected chi connectivity index (χ0v) is 7.52. The Bertz CT molecular complexity index is 149. The van der Waals surface area contributed by atoms with Crippen molar-refractivity contribution in [3.8, 4) is 0 Å². The fraction of sp³-hybridized carbons (Fsp3) is 1.00. The molecule has 1 aliphatic rings. The predicted octanol–water partition coefficient (Wildman–Crippen LogP) is 2.55. The van der Waals surface area contributed by atoms with Gasteiger partial charge in [-0.1, -0.05) is 13.3 Å². The number of hydrogen-bond donors (Lipinski definition) is 1. The van der Waals surface area contributed by atoms with Gasteiger partial charge in [0.05, 0.1) is 0 Å². The lowest BCUT2D eigenvalue weighted by atomic mass is 9.93. The maximum Gasteiger partial charge on any atom is 0.240 e. The molecule has 0 amide bonds. The molecular weight excluding hydrogens is 160 g/mol. The fourth-order valence-corrected chi connectivity index (χ4v) is 2.11. The summed E-state index contributed by atoms with van der Waals surface area (Å²) in [4.78, 5) is 0. The van der Waals surface area contributed by atoms with E-state index < -0.39 is 12.0 Å². The SMILES string of the molecule is CCC1CCC(N)(CC(F)F)C1. The first-order valence-electron chi connectivity index (χ1n) is 4.63. The molecule has 12 heavy (non-hydrogen) atoms. The fourth-order valence-electron chi connectivity index (χ4n) is 2.11. The molecule has 0 aromatic carbocycles. The monoisotopic (exact) mass is 177 g/mol. The first kappa shape index (κ1) is 9.90. The molecule has 0 aromatic rings. The average Bonchev–Trinajstić information content (AvgIpc) is 2.30. The minimum absolute atomic E-state index is 0.122. The lowest BCUT2D eigenvalue weighted by Crippen LogP contribution is -2.38. The van der Waals surface area contributed by atoms with Gasteiger partial charge in [-0.15, -0.1) is 0 Å². The third kappa shape index (κ3) is 2.41. The Balaban J connectivity index is 2.41. The molecule has 72 valence electrons. The molecule has 0 radical (unpaired) electrons. The standard InChI is InChI=1S/C9H17F2N/c1-2-7-3-4-9(12,5-7)6-8(10)11/h7-8H,2-6,12H2,1H3. The molecule has 0 spiro atoms. The summed E-state index contributed by atoms with van der Waals surface area (Å²) in [6, 6.07) is 0. The zero-order chi connectivity index (χ0) is 9.19. The van der Waals surface area contributed by atoms with Crippen LogP contribution in [0.5, 0.6) is 0 Å². The van der Waals surface area contributed by atoms with Crippen LogP contribution in [0.2, 0.25) is 0 Å². The molecule has 2 atom stereocenters. The Labute approximate surface area is 72.3 Å². The minimum atomic E-state index is -2.24. The van der Waals surface area contributed by atoms with Crippen LogP contribution in [0.1, 0.15) is 39.0 Å². The summed E-state index contributed by atoms with van der Waals surface area (Å²) >= 11 is 0. The first-order chi connectivity index (χ1) is 5.56. The summed E-state index contributed by atoms with van der Waals surface area (Å²) in [6.45, 7) is 2.10.